The molecule has 0 spiro atoms. The number of amides is 3. The van der Waals surface area contributed by atoms with E-state index >= 15 is 0 Å². The Morgan fingerprint density at radius 1 is 1.24 bits per heavy atom. The molecule has 3 atom stereocenters. The molecular weight excluding hydrogens is 436 g/mol. The number of likely N-dealkylation sites (tertiary alicyclic amines) is 1. The summed E-state index contributed by atoms with van der Waals surface area (Å²) in [4.78, 5) is 63.8. The number of carbonyl (C=O) groups excluding carboxylic acids is 5. The first-order valence-corrected chi connectivity index (χ1v) is 11.0. The smallest absolute Gasteiger partial charge is 0.267 e. The van der Waals surface area contributed by atoms with E-state index in [-0.39, 0.29) is 31.1 Å². The molecule has 0 aromatic heterocycles. The zero-order valence-electron chi connectivity index (χ0n) is 18.2. The molecule has 2 fully saturated rings. The van der Waals surface area contributed by atoms with Gasteiger partial charge in [-0.25, -0.2) is 8.78 Å². The number of nitrogens with one attached hydrogen (secondary N) is 1. The lowest BCUT2D eigenvalue weighted by atomic mass is 9.99. The Morgan fingerprint density at radius 3 is 2.70 bits per heavy atom. The first-order chi connectivity index (χ1) is 15.6. The third-order valence-corrected chi connectivity index (χ3v) is 6.63. The van der Waals surface area contributed by atoms with Crippen LogP contribution in [0.3, 0.4) is 0 Å². The summed E-state index contributed by atoms with van der Waals surface area (Å²) in [5.74, 6) is -5.43. The van der Waals surface area contributed by atoms with Gasteiger partial charge in [0.25, 0.3) is 5.92 Å². The predicted molar refractivity (Wildman–Crippen MR) is 111 cm³/mol. The fourth-order valence-corrected chi connectivity index (χ4v) is 4.88. The molecule has 4 rings (SSSR count). The van der Waals surface area contributed by atoms with Crippen molar-refractivity contribution in [3.05, 3.63) is 34.9 Å². The van der Waals surface area contributed by atoms with Crippen molar-refractivity contribution in [3.63, 3.8) is 0 Å². The average molecular weight is 461 g/mol. The molecule has 0 aliphatic carbocycles. The second-order valence-electron chi connectivity index (χ2n) is 8.90. The third kappa shape index (κ3) is 4.38. The van der Waals surface area contributed by atoms with Gasteiger partial charge >= 0.3 is 0 Å². The van der Waals surface area contributed by atoms with Crippen LogP contribution >= 0.6 is 0 Å². The second kappa shape index (κ2) is 8.64. The van der Waals surface area contributed by atoms with Gasteiger partial charge in [0.1, 0.15) is 12.3 Å². The van der Waals surface area contributed by atoms with Gasteiger partial charge in [-0.1, -0.05) is 25.1 Å². The zero-order chi connectivity index (χ0) is 23.9. The van der Waals surface area contributed by atoms with E-state index in [0.717, 1.165) is 16.0 Å². The van der Waals surface area contributed by atoms with Crippen molar-refractivity contribution in [3.8, 4) is 0 Å². The lowest BCUT2D eigenvalue weighted by Crippen LogP contribution is -2.47. The highest BCUT2D eigenvalue weighted by Crippen LogP contribution is 2.33. The summed E-state index contributed by atoms with van der Waals surface area (Å²) in [5, 5.41) is 2.49. The number of ketones is 1. The molecular formula is C23H25F2N3O5. The summed E-state index contributed by atoms with van der Waals surface area (Å²) in [5.41, 5.74) is 2.31. The summed E-state index contributed by atoms with van der Waals surface area (Å²) < 4.78 is 27.4. The van der Waals surface area contributed by atoms with Crippen LogP contribution in [0.2, 0.25) is 0 Å². The van der Waals surface area contributed by atoms with Gasteiger partial charge in [-0.05, 0) is 17.5 Å². The van der Waals surface area contributed by atoms with Gasteiger partial charge in [-0.15, -0.1) is 0 Å². The van der Waals surface area contributed by atoms with E-state index in [2.05, 4.69) is 5.32 Å². The Kier molecular flexibility index (Phi) is 6.02. The Labute approximate surface area is 189 Å². The number of nitrogens with zero attached hydrogens (tertiary/aromatic N) is 2. The van der Waals surface area contributed by atoms with Crippen LogP contribution in [-0.2, 0) is 32.3 Å². The van der Waals surface area contributed by atoms with E-state index in [1.807, 2.05) is 6.07 Å². The van der Waals surface area contributed by atoms with Gasteiger partial charge < -0.3 is 19.9 Å². The largest absolute Gasteiger partial charge is 0.344 e. The highest BCUT2D eigenvalue weighted by molar-refractivity contribution is 5.98. The number of carbonyl (C=O) groups is 5. The maximum atomic E-state index is 13.7. The Bertz CT molecular complexity index is 1030. The minimum absolute atomic E-state index is 0.00112. The number of hydrogen-bond donors (Lipinski definition) is 1. The van der Waals surface area contributed by atoms with Crippen LogP contribution in [-0.4, -0.2) is 64.1 Å². The quantitative estimate of drug-likeness (QED) is 0.510. The van der Waals surface area contributed by atoms with Crippen LogP contribution < -0.4 is 5.32 Å². The average Bonchev–Trinajstić information content (AvgIpc) is 3.47. The van der Waals surface area contributed by atoms with Crippen LogP contribution in [0.4, 0.5) is 8.78 Å². The fraction of sp³-hybridized carbons (Fsp3) is 0.522. The number of rotatable bonds is 6. The maximum absolute atomic E-state index is 13.7. The molecule has 0 bridgehead atoms. The van der Waals surface area contributed by atoms with Crippen LogP contribution in [0, 0.1) is 5.92 Å². The summed E-state index contributed by atoms with van der Waals surface area (Å²) in [6, 6.07) is 3.12. The number of hydrogen-bond acceptors (Lipinski definition) is 5. The molecule has 3 heterocycles. The van der Waals surface area contributed by atoms with E-state index in [1.165, 1.54) is 0 Å². The molecule has 3 aliphatic rings. The van der Waals surface area contributed by atoms with Gasteiger partial charge in [0.15, 0.2) is 5.78 Å². The predicted octanol–water partition coefficient (Wildman–Crippen LogP) is 1.45. The summed E-state index contributed by atoms with van der Waals surface area (Å²) in [6.45, 7) is 1.52. The van der Waals surface area contributed by atoms with Crippen molar-refractivity contribution in [1.82, 2.24) is 15.1 Å². The number of Topliss-reactive ketones (excluding diaryl/α,β-unsaturated/α-hetero) is 1. The number of fused-ring (bicyclic) bond motifs is 1. The maximum Gasteiger partial charge on any atom is 0.267 e. The molecule has 0 radical (unpaired) electrons. The Balaban J connectivity index is 1.39. The standard InChI is InChI=1S/C23H25F2N3O5/c1-2-19(30)16-5-3-4-13-9-27(10-17(13)16)20(31)7-14-6-18(26-21(14)32)22(33)28-12-23(24,25)8-15(28)11-29/h3-5,11,14-15,18H,2,6-10,12H2,1H3,(H,26,32)/t14-,15-,18-/m0/s1. The SMILES string of the molecule is CCC(=O)c1cccc2c1CN(C(=O)C[C@@H]1C[C@@H](C(=O)N3CC(F)(F)C[C@H]3C=O)NC1=O)C2. The molecule has 2 saturated heterocycles. The zero-order valence-corrected chi connectivity index (χ0v) is 18.2. The molecule has 176 valence electrons. The minimum atomic E-state index is -3.15. The van der Waals surface area contributed by atoms with Crippen LogP contribution in [0.1, 0.15) is 54.1 Å². The molecule has 3 aliphatic heterocycles. The van der Waals surface area contributed by atoms with E-state index in [9.17, 15) is 32.8 Å². The lowest BCUT2D eigenvalue weighted by Gasteiger charge is -2.23. The van der Waals surface area contributed by atoms with Crippen molar-refractivity contribution in [2.75, 3.05) is 6.54 Å². The summed E-state index contributed by atoms with van der Waals surface area (Å²) in [7, 11) is 0. The minimum Gasteiger partial charge on any atom is -0.344 e. The van der Waals surface area contributed by atoms with E-state index < -0.39 is 48.7 Å². The highest BCUT2D eigenvalue weighted by atomic mass is 19.3. The van der Waals surface area contributed by atoms with E-state index in [4.69, 9.17) is 0 Å². The molecule has 33 heavy (non-hydrogen) atoms. The molecule has 0 unspecified atom stereocenters. The number of aldehydes is 1. The van der Waals surface area contributed by atoms with E-state index in [0.29, 0.717) is 24.8 Å². The second-order valence-corrected chi connectivity index (χ2v) is 8.90. The van der Waals surface area contributed by atoms with Gasteiger partial charge in [0.05, 0.1) is 12.6 Å². The van der Waals surface area contributed by atoms with Gasteiger partial charge in [0, 0.05) is 43.8 Å². The summed E-state index contributed by atoms with van der Waals surface area (Å²) in [6.07, 6.45) is -0.191. The van der Waals surface area contributed by atoms with Crippen molar-refractivity contribution in [2.45, 2.75) is 63.7 Å². The Morgan fingerprint density at radius 2 is 2.00 bits per heavy atom. The first kappa shape index (κ1) is 23.0. The van der Waals surface area contributed by atoms with Crippen molar-refractivity contribution in [1.29, 1.82) is 0 Å². The molecule has 1 aromatic carbocycles. The number of alkyl halides is 2. The van der Waals surface area contributed by atoms with Gasteiger partial charge in [-0.2, -0.15) is 0 Å². The molecule has 0 saturated carbocycles. The van der Waals surface area contributed by atoms with Crippen LogP contribution in [0.25, 0.3) is 0 Å². The van der Waals surface area contributed by atoms with E-state index in [1.54, 1.807) is 24.0 Å². The first-order valence-electron chi connectivity index (χ1n) is 11.0. The number of halogens is 2. The lowest BCUT2D eigenvalue weighted by molar-refractivity contribution is -0.137. The van der Waals surface area contributed by atoms with Gasteiger partial charge in [0.2, 0.25) is 17.7 Å². The van der Waals surface area contributed by atoms with Crippen molar-refractivity contribution in [2.24, 2.45) is 5.92 Å². The highest BCUT2D eigenvalue weighted by Gasteiger charge is 2.50. The summed E-state index contributed by atoms with van der Waals surface area (Å²) >= 11 is 0. The monoisotopic (exact) mass is 461 g/mol. The normalized spacial score (nSPS) is 25.7. The van der Waals surface area contributed by atoms with Crippen molar-refractivity contribution >= 4 is 29.8 Å². The molecule has 8 nitrogen and oxygen atoms in total. The molecule has 1 aromatic rings. The molecule has 10 heteroatoms. The third-order valence-electron chi connectivity index (χ3n) is 6.63. The van der Waals surface area contributed by atoms with Crippen LogP contribution in [0.5, 0.6) is 0 Å². The molecule has 3 amide bonds. The van der Waals surface area contributed by atoms with Gasteiger partial charge in [-0.3, -0.25) is 19.2 Å². The van der Waals surface area contributed by atoms with Crippen molar-refractivity contribution < 1.29 is 32.8 Å². The molecule has 1 N–H and O–H groups in total. The Hall–Kier alpha value is -3.17. The van der Waals surface area contributed by atoms with Crippen LogP contribution in [0.15, 0.2) is 18.2 Å². The topological polar surface area (TPSA) is 104 Å². The fourth-order valence-electron chi connectivity index (χ4n) is 4.88. The number of benzene rings is 1.